The summed E-state index contributed by atoms with van der Waals surface area (Å²) in [5.41, 5.74) is 7.33. The summed E-state index contributed by atoms with van der Waals surface area (Å²) in [5.74, 6) is 5.89. The smallest absolute Gasteiger partial charge is 0.224 e. The lowest BCUT2D eigenvalue weighted by Gasteiger charge is -2.17. The average molecular weight is 274 g/mol. The Morgan fingerprint density at radius 3 is 2.95 bits per heavy atom. The topological polar surface area (TPSA) is 55.6 Å². The molecule has 1 aromatic rings. The molecule has 0 radical (unpaired) electrons. The molecule has 1 aromatic carbocycles. The van der Waals surface area contributed by atoms with Crippen LogP contribution in [0.5, 0.6) is 0 Å². The lowest BCUT2D eigenvalue weighted by molar-refractivity contribution is -0.131. The molecule has 0 spiro atoms. The summed E-state index contributed by atoms with van der Waals surface area (Å²) in [6.07, 6.45) is 0.414. The number of ether oxygens (including phenoxy) is 1. The second kappa shape index (κ2) is 9.13. The number of hydrogen-bond acceptors (Lipinski definition) is 3. The number of rotatable bonds is 6. The third-order valence-electron chi connectivity index (χ3n) is 2.77. The molecule has 0 aliphatic carbocycles. The molecular formula is C16H22N2O2. The number of carbonyl (C=O) groups excluding carboxylic acids is 1. The van der Waals surface area contributed by atoms with Crippen molar-refractivity contribution >= 4 is 5.91 Å². The number of nitrogens with zero attached hydrogens (tertiary/aromatic N) is 1. The van der Waals surface area contributed by atoms with Gasteiger partial charge in [-0.3, -0.25) is 4.79 Å². The molecule has 20 heavy (non-hydrogen) atoms. The monoisotopic (exact) mass is 274 g/mol. The fourth-order valence-corrected chi connectivity index (χ4v) is 1.76. The molecule has 2 N–H and O–H groups in total. The molecule has 0 saturated heterocycles. The van der Waals surface area contributed by atoms with Crippen molar-refractivity contribution in [1.29, 1.82) is 0 Å². The first kappa shape index (κ1) is 16.2. The highest BCUT2D eigenvalue weighted by Crippen LogP contribution is 2.07. The van der Waals surface area contributed by atoms with E-state index in [0.717, 1.165) is 11.1 Å². The number of nitrogens with two attached hydrogens (primary N) is 1. The molecule has 0 heterocycles. The first-order chi connectivity index (χ1) is 9.67. The summed E-state index contributed by atoms with van der Waals surface area (Å²) in [6.45, 7) is 3.95. The van der Waals surface area contributed by atoms with E-state index >= 15 is 0 Å². The van der Waals surface area contributed by atoms with Gasteiger partial charge >= 0.3 is 0 Å². The highest BCUT2D eigenvalue weighted by atomic mass is 16.5. The van der Waals surface area contributed by atoms with E-state index in [-0.39, 0.29) is 5.91 Å². The Balaban J connectivity index is 2.56. The van der Waals surface area contributed by atoms with Crippen molar-refractivity contribution in [2.45, 2.75) is 19.9 Å². The summed E-state index contributed by atoms with van der Waals surface area (Å²) < 4.78 is 5.19. The molecule has 0 atom stereocenters. The van der Waals surface area contributed by atoms with Gasteiger partial charge < -0.3 is 15.4 Å². The van der Waals surface area contributed by atoms with Gasteiger partial charge in [0.15, 0.2) is 0 Å². The molecule has 0 fully saturated rings. The molecular weight excluding hydrogens is 252 g/mol. The maximum absolute atomic E-state index is 11.9. The normalized spacial score (nSPS) is 9.75. The minimum Gasteiger partial charge on any atom is -0.381 e. The lowest BCUT2D eigenvalue weighted by Crippen LogP contribution is -2.27. The van der Waals surface area contributed by atoms with E-state index in [2.05, 4.69) is 11.8 Å². The Morgan fingerprint density at radius 2 is 2.25 bits per heavy atom. The summed E-state index contributed by atoms with van der Waals surface area (Å²) in [7, 11) is 1.80. The second-order valence-electron chi connectivity index (χ2n) is 4.40. The molecule has 108 valence electrons. The summed E-state index contributed by atoms with van der Waals surface area (Å²) in [4.78, 5) is 13.6. The molecule has 0 saturated carbocycles. The van der Waals surface area contributed by atoms with Gasteiger partial charge in [0.2, 0.25) is 5.91 Å². The zero-order valence-electron chi connectivity index (χ0n) is 12.2. The van der Waals surface area contributed by atoms with Crippen LogP contribution in [0.1, 0.15) is 24.5 Å². The highest BCUT2D eigenvalue weighted by Gasteiger charge is 2.09. The van der Waals surface area contributed by atoms with Crippen LogP contribution in [0.25, 0.3) is 0 Å². The van der Waals surface area contributed by atoms with Crippen LogP contribution in [0, 0.1) is 11.8 Å². The van der Waals surface area contributed by atoms with E-state index < -0.39 is 0 Å². The largest absolute Gasteiger partial charge is 0.381 e. The predicted molar refractivity (Wildman–Crippen MR) is 80.0 cm³/mol. The van der Waals surface area contributed by atoms with Gasteiger partial charge in [-0.15, -0.1) is 0 Å². The van der Waals surface area contributed by atoms with Crippen LogP contribution in [-0.4, -0.2) is 37.6 Å². The van der Waals surface area contributed by atoms with E-state index in [1.807, 2.05) is 31.2 Å². The summed E-state index contributed by atoms with van der Waals surface area (Å²) in [6, 6.07) is 7.84. The molecule has 0 unspecified atom stereocenters. The Morgan fingerprint density at radius 1 is 1.45 bits per heavy atom. The van der Waals surface area contributed by atoms with Crippen LogP contribution in [0.4, 0.5) is 0 Å². The van der Waals surface area contributed by atoms with Crippen molar-refractivity contribution in [2.75, 3.05) is 26.8 Å². The quantitative estimate of drug-likeness (QED) is 0.630. The van der Waals surface area contributed by atoms with E-state index in [1.54, 1.807) is 11.9 Å². The number of amides is 1. The van der Waals surface area contributed by atoms with Gasteiger partial charge in [-0.25, -0.2) is 0 Å². The standard InChI is InChI=1S/C16H22N2O2/c1-3-20-11-9-16(19)18(2)13-15-7-4-6-14(12-15)8-5-10-17/h4,6-7,12H,3,9-11,13,17H2,1-2H3. The third-order valence-corrected chi connectivity index (χ3v) is 2.77. The molecule has 1 amide bonds. The van der Waals surface area contributed by atoms with Crippen molar-refractivity contribution in [3.63, 3.8) is 0 Å². The van der Waals surface area contributed by atoms with Crippen molar-refractivity contribution in [3.05, 3.63) is 35.4 Å². The van der Waals surface area contributed by atoms with Gasteiger partial charge in [0, 0.05) is 25.8 Å². The van der Waals surface area contributed by atoms with Gasteiger partial charge in [-0.05, 0) is 24.6 Å². The van der Waals surface area contributed by atoms with Crippen molar-refractivity contribution in [3.8, 4) is 11.8 Å². The number of hydrogen-bond donors (Lipinski definition) is 1. The number of benzene rings is 1. The van der Waals surface area contributed by atoms with E-state index in [9.17, 15) is 4.79 Å². The first-order valence-corrected chi connectivity index (χ1v) is 6.77. The van der Waals surface area contributed by atoms with Crippen LogP contribution in [-0.2, 0) is 16.1 Å². The first-order valence-electron chi connectivity index (χ1n) is 6.77. The minimum absolute atomic E-state index is 0.0805. The zero-order chi connectivity index (χ0) is 14.8. The minimum atomic E-state index is 0.0805. The Hall–Kier alpha value is -1.83. The van der Waals surface area contributed by atoms with Crippen LogP contribution in [0.15, 0.2) is 24.3 Å². The zero-order valence-corrected chi connectivity index (χ0v) is 12.2. The van der Waals surface area contributed by atoms with Crippen LogP contribution in [0.2, 0.25) is 0 Å². The van der Waals surface area contributed by atoms with Crippen LogP contribution >= 0.6 is 0 Å². The van der Waals surface area contributed by atoms with Crippen molar-refractivity contribution in [1.82, 2.24) is 4.90 Å². The summed E-state index contributed by atoms with van der Waals surface area (Å²) >= 11 is 0. The van der Waals surface area contributed by atoms with E-state index in [4.69, 9.17) is 10.5 Å². The predicted octanol–water partition coefficient (Wildman–Crippen LogP) is 1.38. The van der Waals surface area contributed by atoms with Gasteiger partial charge in [0.05, 0.1) is 19.6 Å². The fraction of sp³-hybridized carbons (Fsp3) is 0.438. The molecule has 0 bridgehead atoms. The van der Waals surface area contributed by atoms with Crippen molar-refractivity contribution in [2.24, 2.45) is 5.73 Å². The van der Waals surface area contributed by atoms with Gasteiger partial charge in [-0.2, -0.15) is 0 Å². The Kier molecular flexibility index (Phi) is 7.41. The molecule has 4 heteroatoms. The molecule has 0 aromatic heterocycles. The second-order valence-corrected chi connectivity index (χ2v) is 4.40. The van der Waals surface area contributed by atoms with Gasteiger partial charge in [0.25, 0.3) is 0 Å². The molecule has 1 rings (SSSR count). The Bertz CT molecular complexity index is 489. The fourth-order valence-electron chi connectivity index (χ4n) is 1.76. The lowest BCUT2D eigenvalue weighted by atomic mass is 10.1. The molecule has 4 nitrogen and oxygen atoms in total. The van der Waals surface area contributed by atoms with E-state index in [0.29, 0.717) is 32.7 Å². The third kappa shape index (κ3) is 5.87. The van der Waals surface area contributed by atoms with Gasteiger partial charge in [0.1, 0.15) is 0 Å². The highest BCUT2D eigenvalue weighted by molar-refractivity contribution is 5.75. The molecule has 0 aliphatic rings. The summed E-state index contributed by atoms with van der Waals surface area (Å²) in [5, 5.41) is 0. The average Bonchev–Trinajstić information content (AvgIpc) is 2.45. The van der Waals surface area contributed by atoms with Crippen LogP contribution in [0.3, 0.4) is 0 Å². The van der Waals surface area contributed by atoms with Gasteiger partial charge in [-0.1, -0.05) is 24.0 Å². The van der Waals surface area contributed by atoms with Crippen molar-refractivity contribution < 1.29 is 9.53 Å². The maximum atomic E-state index is 11.9. The van der Waals surface area contributed by atoms with Crippen LogP contribution < -0.4 is 5.73 Å². The Labute approximate surface area is 120 Å². The molecule has 0 aliphatic heterocycles. The van der Waals surface area contributed by atoms with E-state index in [1.165, 1.54) is 0 Å². The number of carbonyl (C=O) groups is 1. The SMILES string of the molecule is CCOCCC(=O)N(C)Cc1cccc(C#CCN)c1. The maximum Gasteiger partial charge on any atom is 0.224 e.